The molecule has 1 aliphatic rings. The number of Topliss-reactive ketones (excluding diaryl/α,β-unsaturated/α-hetero) is 1. The normalized spacial score (nSPS) is 15.7. The molecule has 1 aliphatic heterocycles. The van der Waals surface area contributed by atoms with E-state index in [0.717, 1.165) is 11.1 Å². The quantitative estimate of drug-likeness (QED) is 0.804. The van der Waals surface area contributed by atoms with Crippen molar-refractivity contribution in [3.05, 3.63) is 59.2 Å². The average molecular weight is 354 g/mol. The Morgan fingerprint density at radius 1 is 1.31 bits per heavy atom. The number of phenolic OH excluding ortho intramolecular Hbond substituents is 1. The van der Waals surface area contributed by atoms with Crippen LogP contribution < -0.4 is 14.2 Å². The molecule has 26 heavy (non-hydrogen) atoms. The molecule has 136 valence electrons. The summed E-state index contributed by atoms with van der Waals surface area (Å²) in [6, 6.07) is 11.1. The molecule has 2 aromatic rings. The molecule has 0 radical (unpaired) electrons. The van der Waals surface area contributed by atoms with Gasteiger partial charge < -0.3 is 19.3 Å². The first-order valence-corrected chi connectivity index (χ1v) is 8.46. The van der Waals surface area contributed by atoms with Crippen LogP contribution >= 0.6 is 0 Å². The van der Waals surface area contributed by atoms with Gasteiger partial charge in [-0.15, -0.1) is 0 Å². The SMILES string of the molecule is COc1c(O)c(OCC=C(C)C)cc2c1C(=O)C[C@H](c1ccccc1)O2. The molecule has 0 saturated heterocycles. The highest BCUT2D eigenvalue weighted by Gasteiger charge is 2.33. The molecule has 1 atom stereocenters. The summed E-state index contributed by atoms with van der Waals surface area (Å²) < 4.78 is 17.0. The number of benzene rings is 2. The molecule has 1 heterocycles. The molecule has 0 spiro atoms. The maximum atomic E-state index is 12.7. The number of ether oxygens (including phenoxy) is 3. The first-order valence-electron chi connectivity index (χ1n) is 8.46. The van der Waals surface area contributed by atoms with Crippen molar-refractivity contribution in [3.63, 3.8) is 0 Å². The van der Waals surface area contributed by atoms with Crippen molar-refractivity contribution >= 4 is 5.78 Å². The van der Waals surface area contributed by atoms with Gasteiger partial charge in [-0.25, -0.2) is 0 Å². The summed E-state index contributed by atoms with van der Waals surface area (Å²) in [5, 5.41) is 10.4. The van der Waals surface area contributed by atoms with E-state index in [2.05, 4.69) is 0 Å². The van der Waals surface area contributed by atoms with E-state index in [1.807, 2.05) is 50.3 Å². The Morgan fingerprint density at radius 3 is 2.69 bits per heavy atom. The maximum absolute atomic E-state index is 12.7. The number of carbonyl (C=O) groups excluding carboxylic acids is 1. The second-order valence-corrected chi connectivity index (χ2v) is 6.37. The van der Waals surface area contributed by atoms with Gasteiger partial charge in [-0.1, -0.05) is 35.9 Å². The van der Waals surface area contributed by atoms with E-state index < -0.39 is 0 Å². The number of phenols is 1. The third kappa shape index (κ3) is 3.52. The second kappa shape index (κ2) is 7.52. The lowest BCUT2D eigenvalue weighted by Crippen LogP contribution is -2.21. The smallest absolute Gasteiger partial charge is 0.201 e. The van der Waals surface area contributed by atoms with Crippen LogP contribution in [0.25, 0.3) is 0 Å². The third-order valence-corrected chi connectivity index (χ3v) is 4.21. The monoisotopic (exact) mass is 354 g/mol. The Labute approximate surface area is 152 Å². The first-order chi connectivity index (χ1) is 12.5. The molecule has 3 rings (SSSR count). The van der Waals surface area contributed by atoms with Crippen LogP contribution in [0.5, 0.6) is 23.0 Å². The highest BCUT2D eigenvalue weighted by molar-refractivity contribution is 6.03. The summed E-state index contributed by atoms with van der Waals surface area (Å²) in [4.78, 5) is 12.7. The van der Waals surface area contributed by atoms with Gasteiger partial charge in [0.1, 0.15) is 24.0 Å². The lowest BCUT2D eigenvalue weighted by Gasteiger charge is -2.27. The number of aromatic hydroxyl groups is 1. The van der Waals surface area contributed by atoms with Crippen molar-refractivity contribution in [2.45, 2.75) is 26.4 Å². The van der Waals surface area contributed by atoms with E-state index in [-0.39, 0.29) is 41.1 Å². The molecule has 0 amide bonds. The summed E-state index contributed by atoms with van der Waals surface area (Å²) >= 11 is 0. The van der Waals surface area contributed by atoms with E-state index in [1.165, 1.54) is 7.11 Å². The summed E-state index contributed by atoms with van der Waals surface area (Å²) in [5.41, 5.74) is 2.28. The molecule has 2 aromatic carbocycles. The van der Waals surface area contributed by atoms with Crippen LogP contribution in [-0.4, -0.2) is 24.6 Å². The van der Waals surface area contributed by atoms with Gasteiger partial charge >= 0.3 is 0 Å². The number of ketones is 1. The molecule has 0 saturated carbocycles. The van der Waals surface area contributed by atoms with Gasteiger partial charge in [-0.2, -0.15) is 0 Å². The fourth-order valence-electron chi connectivity index (χ4n) is 2.88. The van der Waals surface area contributed by atoms with Gasteiger partial charge in [0.05, 0.1) is 13.5 Å². The third-order valence-electron chi connectivity index (χ3n) is 4.21. The minimum Gasteiger partial charge on any atom is -0.502 e. The van der Waals surface area contributed by atoms with Gasteiger partial charge in [-0.05, 0) is 25.5 Å². The van der Waals surface area contributed by atoms with E-state index >= 15 is 0 Å². The van der Waals surface area contributed by atoms with Gasteiger partial charge in [0.2, 0.25) is 5.75 Å². The molecule has 0 aromatic heterocycles. The van der Waals surface area contributed by atoms with Gasteiger partial charge in [0.25, 0.3) is 0 Å². The van der Waals surface area contributed by atoms with E-state index in [9.17, 15) is 9.90 Å². The number of allylic oxidation sites excluding steroid dienone is 1. The number of hydrogen-bond donors (Lipinski definition) is 1. The van der Waals surface area contributed by atoms with Crippen LogP contribution in [0, 0.1) is 0 Å². The lowest BCUT2D eigenvalue weighted by atomic mass is 9.95. The van der Waals surface area contributed by atoms with Gasteiger partial charge in [-0.3, -0.25) is 4.79 Å². The fraction of sp³-hybridized carbons (Fsp3) is 0.286. The largest absolute Gasteiger partial charge is 0.502 e. The molecule has 0 fully saturated rings. The van der Waals surface area contributed by atoms with Crippen LogP contribution in [0.4, 0.5) is 0 Å². The van der Waals surface area contributed by atoms with Crippen molar-refractivity contribution < 1.29 is 24.1 Å². The molecule has 5 heteroatoms. The predicted octanol–water partition coefficient (Wildman–Crippen LogP) is 4.45. The molecule has 0 unspecified atom stereocenters. The zero-order chi connectivity index (χ0) is 18.7. The van der Waals surface area contributed by atoms with Crippen LogP contribution in [-0.2, 0) is 0 Å². The number of carbonyl (C=O) groups is 1. The highest BCUT2D eigenvalue weighted by Crippen LogP contribution is 2.48. The summed E-state index contributed by atoms with van der Waals surface area (Å²) in [5.74, 6) is 0.342. The van der Waals surface area contributed by atoms with Gasteiger partial charge in [0.15, 0.2) is 17.3 Å². The Morgan fingerprint density at radius 2 is 2.04 bits per heavy atom. The fourth-order valence-corrected chi connectivity index (χ4v) is 2.88. The Kier molecular flexibility index (Phi) is 5.16. The van der Waals surface area contributed by atoms with E-state index in [4.69, 9.17) is 14.2 Å². The summed E-state index contributed by atoms with van der Waals surface area (Å²) in [7, 11) is 1.41. The Bertz CT molecular complexity index is 835. The molecule has 0 bridgehead atoms. The van der Waals surface area contributed by atoms with Crippen LogP contribution in [0.1, 0.15) is 42.3 Å². The molecular weight excluding hydrogens is 332 g/mol. The zero-order valence-electron chi connectivity index (χ0n) is 15.1. The predicted molar refractivity (Wildman–Crippen MR) is 98.3 cm³/mol. The summed E-state index contributed by atoms with van der Waals surface area (Å²) in [6.07, 6.45) is 1.70. The first kappa shape index (κ1) is 17.9. The average Bonchev–Trinajstić information content (AvgIpc) is 2.63. The minimum absolute atomic E-state index is 0.0891. The van der Waals surface area contributed by atoms with E-state index in [0.29, 0.717) is 12.4 Å². The Hall–Kier alpha value is -2.95. The Balaban J connectivity index is 1.98. The number of methoxy groups -OCH3 is 1. The van der Waals surface area contributed by atoms with Crippen molar-refractivity contribution in [2.75, 3.05) is 13.7 Å². The topological polar surface area (TPSA) is 65.0 Å². The molecule has 5 nitrogen and oxygen atoms in total. The van der Waals surface area contributed by atoms with Crippen LogP contribution in [0.15, 0.2) is 48.0 Å². The maximum Gasteiger partial charge on any atom is 0.201 e. The van der Waals surface area contributed by atoms with Crippen molar-refractivity contribution in [3.8, 4) is 23.0 Å². The van der Waals surface area contributed by atoms with Crippen molar-refractivity contribution in [2.24, 2.45) is 0 Å². The molecular formula is C21H22O5. The van der Waals surface area contributed by atoms with Crippen molar-refractivity contribution in [1.82, 2.24) is 0 Å². The molecule has 1 N–H and O–H groups in total. The van der Waals surface area contributed by atoms with Crippen LogP contribution in [0.2, 0.25) is 0 Å². The summed E-state index contributed by atoms with van der Waals surface area (Å²) in [6.45, 7) is 4.22. The number of hydrogen-bond acceptors (Lipinski definition) is 5. The van der Waals surface area contributed by atoms with Crippen LogP contribution in [0.3, 0.4) is 0 Å². The minimum atomic E-state index is -0.379. The zero-order valence-corrected chi connectivity index (χ0v) is 15.1. The second-order valence-electron chi connectivity index (χ2n) is 6.37. The van der Waals surface area contributed by atoms with Gasteiger partial charge in [0, 0.05) is 6.07 Å². The molecule has 0 aliphatic carbocycles. The highest BCUT2D eigenvalue weighted by atomic mass is 16.5. The standard InChI is InChI=1S/C21H22O5/c1-13(2)9-10-25-18-12-17-19(21(24-3)20(18)23)15(22)11-16(26-17)14-7-5-4-6-8-14/h4-9,12,16,23H,10-11H2,1-3H3/t16-/m1/s1. The number of rotatable bonds is 5. The van der Waals surface area contributed by atoms with Crippen molar-refractivity contribution in [1.29, 1.82) is 0 Å². The number of fused-ring (bicyclic) bond motifs is 1. The lowest BCUT2D eigenvalue weighted by molar-refractivity contribution is 0.0842. The van der Waals surface area contributed by atoms with E-state index in [1.54, 1.807) is 6.07 Å².